The Morgan fingerprint density at radius 1 is 1.35 bits per heavy atom. The van der Waals surface area contributed by atoms with Crippen LogP contribution in [0.5, 0.6) is 0 Å². The van der Waals surface area contributed by atoms with E-state index in [1.807, 2.05) is 0 Å². The molecule has 20 heavy (non-hydrogen) atoms. The van der Waals surface area contributed by atoms with E-state index in [0.29, 0.717) is 18.7 Å². The second-order valence-corrected chi connectivity index (χ2v) is 4.07. The molecule has 1 N–H and O–H groups in total. The average molecular weight is 277 g/mol. The van der Waals surface area contributed by atoms with Gasteiger partial charge in [-0.25, -0.2) is 0 Å². The number of anilines is 1. The Kier molecular flexibility index (Phi) is 4.48. The number of hydrogen-bond donors (Lipinski definition) is 1. The van der Waals surface area contributed by atoms with Crippen LogP contribution in [0.2, 0.25) is 0 Å². The molecule has 0 saturated carbocycles. The molecular formula is C12H15N5O3. The molecule has 2 heterocycles. The van der Waals surface area contributed by atoms with E-state index in [2.05, 4.69) is 20.3 Å². The Labute approximate surface area is 115 Å². The Morgan fingerprint density at radius 2 is 2.20 bits per heavy atom. The van der Waals surface area contributed by atoms with Gasteiger partial charge in [0.1, 0.15) is 6.54 Å². The van der Waals surface area contributed by atoms with Gasteiger partial charge in [0.2, 0.25) is 5.91 Å². The molecule has 0 aromatic carbocycles. The van der Waals surface area contributed by atoms with Crippen molar-refractivity contribution in [2.75, 3.05) is 12.4 Å². The number of amides is 1. The van der Waals surface area contributed by atoms with Crippen molar-refractivity contribution in [1.29, 1.82) is 0 Å². The lowest BCUT2D eigenvalue weighted by Crippen LogP contribution is -2.14. The number of carbonyl (C=O) groups is 2. The third kappa shape index (κ3) is 3.94. The van der Waals surface area contributed by atoms with Crippen molar-refractivity contribution >= 4 is 17.6 Å². The number of nitrogens with zero attached hydrogens (tertiary/aromatic N) is 4. The molecule has 2 rings (SSSR count). The summed E-state index contributed by atoms with van der Waals surface area (Å²) in [7, 11) is 1.31. The van der Waals surface area contributed by atoms with E-state index in [1.54, 1.807) is 29.3 Å². The molecule has 0 bridgehead atoms. The maximum absolute atomic E-state index is 11.7. The van der Waals surface area contributed by atoms with E-state index in [1.165, 1.54) is 18.0 Å². The van der Waals surface area contributed by atoms with Gasteiger partial charge in [-0.3, -0.25) is 19.0 Å². The first-order valence-electron chi connectivity index (χ1n) is 6.04. The number of aryl methyl sites for hydroxylation is 1. The van der Waals surface area contributed by atoms with E-state index in [-0.39, 0.29) is 12.5 Å². The molecule has 2 aromatic rings. The molecule has 0 atom stereocenters. The van der Waals surface area contributed by atoms with Crippen molar-refractivity contribution in [2.45, 2.75) is 19.5 Å². The third-order valence-corrected chi connectivity index (χ3v) is 2.56. The first-order valence-corrected chi connectivity index (χ1v) is 6.04. The Bertz CT molecular complexity index is 576. The van der Waals surface area contributed by atoms with Gasteiger partial charge in [-0.15, -0.1) is 0 Å². The summed E-state index contributed by atoms with van der Waals surface area (Å²) in [4.78, 5) is 22.8. The lowest BCUT2D eigenvalue weighted by molar-refractivity contribution is -0.141. The number of rotatable bonds is 6. The minimum atomic E-state index is -0.398. The number of hydrogen-bond acceptors (Lipinski definition) is 5. The monoisotopic (exact) mass is 277 g/mol. The molecule has 0 unspecified atom stereocenters. The highest BCUT2D eigenvalue weighted by Crippen LogP contribution is 2.05. The van der Waals surface area contributed by atoms with Gasteiger partial charge in [0, 0.05) is 31.6 Å². The second-order valence-electron chi connectivity index (χ2n) is 4.07. The average Bonchev–Trinajstić information content (AvgIpc) is 3.08. The summed E-state index contributed by atoms with van der Waals surface area (Å²) < 4.78 is 7.61. The van der Waals surface area contributed by atoms with Crippen LogP contribution in [0.1, 0.15) is 6.42 Å². The van der Waals surface area contributed by atoms with Crippen LogP contribution in [0.25, 0.3) is 0 Å². The molecule has 8 heteroatoms. The van der Waals surface area contributed by atoms with Crippen molar-refractivity contribution in [1.82, 2.24) is 19.6 Å². The molecule has 2 aromatic heterocycles. The summed E-state index contributed by atoms with van der Waals surface area (Å²) in [5, 5.41) is 10.7. The SMILES string of the molecule is COC(=O)Cn1cc(NC(=O)CCn2cccn2)cn1. The highest BCUT2D eigenvalue weighted by molar-refractivity contribution is 5.90. The fraction of sp³-hybridized carbons (Fsp3) is 0.333. The fourth-order valence-corrected chi connectivity index (χ4v) is 1.58. The number of aromatic nitrogens is 4. The lowest BCUT2D eigenvalue weighted by Gasteiger charge is -2.02. The van der Waals surface area contributed by atoms with E-state index < -0.39 is 5.97 Å². The zero-order valence-corrected chi connectivity index (χ0v) is 11.0. The minimum Gasteiger partial charge on any atom is -0.468 e. The van der Waals surface area contributed by atoms with Gasteiger partial charge in [0.15, 0.2) is 0 Å². The van der Waals surface area contributed by atoms with Gasteiger partial charge >= 0.3 is 5.97 Å². The maximum Gasteiger partial charge on any atom is 0.327 e. The number of carbonyl (C=O) groups excluding carboxylic acids is 2. The molecule has 106 valence electrons. The van der Waals surface area contributed by atoms with Crippen molar-refractivity contribution in [3.63, 3.8) is 0 Å². The topological polar surface area (TPSA) is 91.0 Å². The van der Waals surface area contributed by atoms with Crippen LogP contribution in [0.4, 0.5) is 5.69 Å². The van der Waals surface area contributed by atoms with Gasteiger partial charge < -0.3 is 10.1 Å². The lowest BCUT2D eigenvalue weighted by atomic mass is 10.4. The van der Waals surface area contributed by atoms with Crippen molar-refractivity contribution < 1.29 is 14.3 Å². The summed E-state index contributed by atoms with van der Waals surface area (Å²) in [6, 6.07) is 1.80. The summed E-state index contributed by atoms with van der Waals surface area (Å²) in [5.74, 6) is -0.539. The number of esters is 1. The minimum absolute atomic E-state index is 0.0135. The van der Waals surface area contributed by atoms with Crippen LogP contribution in [0.15, 0.2) is 30.9 Å². The quantitative estimate of drug-likeness (QED) is 0.766. The van der Waals surface area contributed by atoms with Crippen LogP contribution >= 0.6 is 0 Å². The number of ether oxygens (including phenoxy) is 1. The molecule has 0 saturated heterocycles. The van der Waals surface area contributed by atoms with Crippen LogP contribution in [-0.4, -0.2) is 38.5 Å². The fourth-order valence-electron chi connectivity index (χ4n) is 1.58. The Balaban J connectivity index is 1.80. The predicted molar refractivity (Wildman–Crippen MR) is 69.7 cm³/mol. The first kappa shape index (κ1) is 13.8. The third-order valence-electron chi connectivity index (χ3n) is 2.56. The highest BCUT2D eigenvalue weighted by atomic mass is 16.5. The molecule has 0 radical (unpaired) electrons. The van der Waals surface area contributed by atoms with E-state index in [4.69, 9.17) is 0 Å². The standard InChI is InChI=1S/C12H15N5O3/c1-20-12(19)9-17-8-10(7-14-17)15-11(18)3-6-16-5-2-4-13-16/h2,4-5,7-8H,3,6,9H2,1H3,(H,15,18). The smallest absolute Gasteiger partial charge is 0.327 e. The Hall–Kier alpha value is -2.64. The number of nitrogens with one attached hydrogen (secondary N) is 1. The largest absolute Gasteiger partial charge is 0.468 e. The van der Waals surface area contributed by atoms with Gasteiger partial charge in [-0.05, 0) is 6.07 Å². The molecule has 8 nitrogen and oxygen atoms in total. The summed E-state index contributed by atoms with van der Waals surface area (Å²) in [6.07, 6.45) is 6.82. The van der Waals surface area contributed by atoms with Crippen molar-refractivity contribution in [2.24, 2.45) is 0 Å². The zero-order valence-electron chi connectivity index (χ0n) is 11.0. The molecule has 0 aliphatic heterocycles. The van der Waals surface area contributed by atoms with Crippen LogP contribution < -0.4 is 5.32 Å². The Morgan fingerprint density at radius 3 is 2.90 bits per heavy atom. The van der Waals surface area contributed by atoms with Crippen molar-refractivity contribution in [3.8, 4) is 0 Å². The van der Waals surface area contributed by atoms with E-state index >= 15 is 0 Å². The molecule has 0 aliphatic rings. The van der Waals surface area contributed by atoms with Gasteiger partial charge in [0.25, 0.3) is 0 Å². The maximum atomic E-state index is 11.7. The van der Waals surface area contributed by atoms with Crippen LogP contribution in [0.3, 0.4) is 0 Å². The molecular weight excluding hydrogens is 262 g/mol. The van der Waals surface area contributed by atoms with E-state index in [0.717, 1.165) is 0 Å². The normalized spacial score (nSPS) is 10.2. The second kappa shape index (κ2) is 6.50. The van der Waals surface area contributed by atoms with Gasteiger partial charge in [0.05, 0.1) is 19.0 Å². The summed E-state index contributed by atoms with van der Waals surface area (Å²) in [5.41, 5.74) is 0.541. The predicted octanol–water partition coefficient (Wildman–Crippen LogP) is 0.281. The zero-order chi connectivity index (χ0) is 14.4. The van der Waals surface area contributed by atoms with Crippen molar-refractivity contribution in [3.05, 3.63) is 30.9 Å². The summed E-state index contributed by atoms with van der Waals surface area (Å²) >= 11 is 0. The number of methoxy groups -OCH3 is 1. The summed E-state index contributed by atoms with van der Waals surface area (Å²) in [6.45, 7) is 0.523. The highest BCUT2D eigenvalue weighted by Gasteiger charge is 2.07. The van der Waals surface area contributed by atoms with Crippen LogP contribution in [-0.2, 0) is 27.4 Å². The molecule has 0 aliphatic carbocycles. The van der Waals surface area contributed by atoms with Gasteiger partial charge in [-0.2, -0.15) is 10.2 Å². The molecule has 0 fully saturated rings. The van der Waals surface area contributed by atoms with Gasteiger partial charge in [-0.1, -0.05) is 0 Å². The van der Waals surface area contributed by atoms with Crippen LogP contribution in [0, 0.1) is 0 Å². The van der Waals surface area contributed by atoms with E-state index in [9.17, 15) is 9.59 Å². The first-order chi connectivity index (χ1) is 9.67. The molecule has 1 amide bonds. The molecule has 0 spiro atoms.